The van der Waals surface area contributed by atoms with Crippen molar-refractivity contribution in [1.82, 2.24) is 0 Å². The minimum atomic E-state index is -0.939. The SMILES string of the molecule is COc1ccc([C@H]2[C@@H]3C(=O)N(c4cccc5ccccc45)C(=O)[C@@H]3ON2c2ccc(OC)cc2)cc1. The molecular formula is C29H24N2O5. The van der Waals surface area contributed by atoms with E-state index in [0.717, 1.165) is 22.0 Å². The van der Waals surface area contributed by atoms with Crippen LogP contribution in [-0.4, -0.2) is 32.1 Å². The highest BCUT2D eigenvalue weighted by atomic mass is 16.7. The molecule has 2 amide bonds. The van der Waals surface area contributed by atoms with E-state index >= 15 is 0 Å². The summed E-state index contributed by atoms with van der Waals surface area (Å²) in [4.78, 5) is 35.2. The summed E-state index contributed by atoms with van der Waals surface area (Å²) < 4.78 is 10.6. The fourth-order valence-corrected chi connectivity index (χ4v) is 5.15. The highest BCUT2D eigenvalue weighted by Gasteiger charge is 2.60. The Morgan fingerprint density at radius 2 is 1.36 bits per heavy atom. The van der Waals surface area contributed by atoms with Gasteiger partial charge in [-0.2, -0.15) is 0 Å². The van der Waals surface area contributed by atoms with Gasteiger partial charge in [-0.05, 0) is 53.4 Å². The number of ether oxygens (including phenoxy) is 2. The van der Waals surface area contributed by atoms with Crippen molar-refractivity contribution in [3.63, 3.8) is 0 Å². The van der Waals surface area contributed by atoms with Gasteiger partial charge in [0.15, 0.2) is 6.10 Å². The van der Waals surface area contributed by atoms with Crippen LogP contribution in [0.5, 0.6) is 11.5 Å². The molecule has 2 aliphatic heterocycles. The highest BCUT2D eigenvalue weighted by molar-refractivity contribution is 6.26. The van der Waals surface area contributed by atoms with Crippen LogP contribution in [0.1, 0.15) is 11.6 Å². The summed E-state index contributed by atoms with van der Waals surface area (Å²) in [6, 6.07) is 27.7. The number of carbonyl (C=O) groups excluding carboxylic acids is 2. The standard InChI is InChI=1S/C29H24N2O5/c1-34-21-14-10-19(11-15-21)26-25-27(36-31(26)20-12-16-22(35-2)17-13-20)29(33)30(28(25)32)24-9-5-7-18-6-3-4-8-23(18)24/h3-17,25-27H,1-2H3/t25-,26-,27+/m0/s1. The van der Waals surface area contributed by atoms with Crippen LogP contribution < -0.4 is 19.4 Å². The molecular weight excluding hydrogens is 456 g/mol. The number of hydrogen-bond acceptors (Lipinski definition) is 6. The van der Waals surface area contributed by atoms with Crippen LogP contribution in [0.4, 0.5) is 11.4 Å². The summed E-state index contributed by atoms with van der Waals surface area (Å²) in [6.07, 6.45) is -0.939. The van der Waals surface area contributed by atoms with Gasteiger partial charge in [-0.3, -0.25) is 14.4 Å². The summed E-state index contributed by atoms with van der Waals surface area (Å²) in [7, 11) is 3.21. The molecule has 2 heterocycles. The smallest absolute Gasteiger partial charge is 0.266 e. The van der Waals surface area contributed by atoms with Crippen molar-refractivity contribution in [3.8, 4) is 11.5 Å². The van der Waals surface area contributed by atoms with Gasteiger partial charge in [0.2, 0.25) is 5.91 Å². The van der Waals surface area contributed by atoms with E-state index in [0.29, 0.717) is 17.2 Å². The van der Waals surface area contributed by atoms with Crippen LogP contribution in [0.25, 0.3) is 10.8 Å². The van der Waals surface area contributed by atoms with E-state index in [-0.39, 0.29) is 11.8 Å². The van der Waals surface area contributed by atoms with Crippen LogP contribution in [0.3, 0.4) is 0 Å². The maximum absolute atomic E-state index is 14.0. The minimum absolute atomic E-state index is 0.279. The molecule has 0 unspecified atom stereocenters. The maximum Gasteiger partial charge on any atom is 0.266 e. The largest absolute Gasteiger partial charge is 0.497 e. The van der Waals surface area contributed by atoms with E-state index in [1.807, 2.05) is 91.0 Å². The van der Waals surface area contributed by atoms with Crippen molar-refractivity contribution in [2.24, 2.45) is 5.92 Å². The lowest BCUT2D eigenvalue weighted by atomic mass is 9.90. The van der Waals surface area contributed by atoms with E-state index in [2.05, 4.69) is 0 Å². The Morgan fingerprint density at radius 1 is 0.722 bits per heavy atom. The van der Waals surface area contributed by atoms with E-state index in [4.69, 9.17) is 14.3 Å². The van der Waals surface area contributed by atoms with Gasteiger partial charge in [-0.1, -0.05) is 48.5 Å². The number of nitrogens with zero attached hydrogens (tertiary/aromatic N) is 2. The lowest BCUT2D eigenvalue weighted by Gasteiger charge is -2.29. The van der Waals surface area contributed by atoms with Crippen LogP contribution in [0.2, 0.25) is 0 Å². The van der Waals surface area contributed by atoms with Crippen molar-refractivity contribution >= 4 is 34.0 Å². The quantitative estimate of drug-likeness (QED) is 0.378. The summed E-state index contributed by atoms with van der Waals surface area (Å²) in [5.74, 6) is 0.0471. The lowest BCUT2D eigenvalue weighted by Crippen LogP contribution is -2.37. The third-order valence-electron chi connectivity index (χ3n) is 6.91. The maximum atomic E-state index is 14.0. The van der Waals surface area contributed by atoms with Gasteiger partial charge in [0.1, 0.15) is 17.4 Å². The second-order valence-corrected chi connectivity index (χ2v) is 8.80. The normalized spacial score (nSPS) is 21.2. The van der Waals surface area contributed by atoms with Crippen molar-refractivity contribution in [2.45, 2.75) is 12.1 Å². The number of rotatable bonds is 5. The molecule has 36 heavy (non-hydrogen) atoms. The lowest BCUT2D eigenvalue weighted by molar-refractivity contribution is -0.126. The van der Waals surface area contributed by atoms with E-state index < -0.39 is 18.1 Å². The Hall–Kier alpha value is -4.36. The predicted octanol–water partition coefficient (Wildman–Crippen LogP) is 4.91. The topological polar surface area (TPSA) is 68.3 Å². The molecule has 4 aromatic rings. The monoisotopic (exact) mass is 480 g/mol. The summed E-state index contributed by atoms with van der Waals surface area (Å²) >= 11 is 0. The molecule has 180 valence electrons. The number of amides is 2. The van der Waals surface area contributed by atoms with Crippen molar-refractivity contribution in [1.29, 1.82) is 0 Å². The second-order valence-electron chi connectivity index (χ2n) is 8.80. The number of fused-ring (bicyclic) bond motifs is 2. The average molecular weight is 481 g/mol. The molecule has 0 aliphatic carbocycles. The Kier molecular flexibility index (Phi) is 5.34. The molecule has 2 saturated heterocycles. The fourth-order valence-electron chi connectivity index (χ4n) is 5.15. The first-order valence-corrected chi connectivity index (χ1v) is 11.7. The Morgan fingerprint density at radius 3 is 2.06 bits per heavy atom. The molecule has 2 aliphatic rings. The third-order valence-corrected chi connectivity index (χ3v) is 6.91. The zero-order valence-corrected chi connectivity index (χ0v) is 19.8. The van der Waals surface area contributed by atoms with Gasteiger partial charge in [0, 0.05) is 5.39 Å². The Labute approximate surface area is 208 Å². The van der Waals surface area contributed by atoms with E-state index in [1.165, 1.54) is 4.90 Å². The second kappa shape index (κ2) is 8.70. The molecule has 6 rings (SSSR count). The van der Waals surface area contributed by atoms with Gasteiger partial charge in [0.25, 0.3) is 5.91 Å². The molecule has 2 fully saturated rings. The molecule has 0 saturated carbocycles. The molecule has 0 spiro atoms. The summed E-state index contributed by atoms with van der Waals surface area (Å²) in [5.41, 5.74) is 2.15. The molecule has 4 aromatic carbocycles. The molecule has 3 atom stereocenters. The number of imide groups is 1. The van der Waals surface area contributed by atoms with E-state index in [1.54, 1.807) is 19.3 Å². The van der Waals surface area contributed by atoms with Crippen LogP contribution in [0.15, 0.2) is 91.0 Å². The Bertz CT molecular complexity index is 1450. The zero-order chi connectivity index (χ0) is 24.8. The molecule has 7 heteroatoms. The number of hydrogen-bond donors (Lipinski definition) is 0. The first kappa shape index (κ1) is 22.1. The highest BCUT2D eigenvalue weighted by Crippen LogP contribution is 2.48. The Balaban J connectivity index is 1.44. The third kappa shape index (κ3) is 3.39. The summed E-state index contributed by atoms with van der Waals surface area (Å²) in [5, 5.41) is 3.47. The van der Waals surface area contributed by atoms with Crippen LogP contribution in [0, 0.1) is 5.92 Å². The van der Waals surface area contributed by atoms with Crippen molar-refractivity contribution < 1.29 is 23.9 Å². The van der Waals surface area contributed by atoms with E-state index in [9.17, 15) is 9.59 Å². The number of anilines is 2. The van der Waals surface area contributed by atoms with Crippen LogP contribution in [-0.2, 0) is 14.4 Å². The first-order chi connectivity index (χ1) is 17.6. The molecule has 7 nitrogen and oxygen atoms in total. The summed E-state index contributed by atoms with van der Waals surface area (Å²) in [6.45, 7) is 0. The van der Waals surface area contributed by atoms with Crippen LogP contribution >= 0.6 is 0 Å². The van der Waals surface area contributed by atoms with Gasteiger partial charge >= 0.3 is 0 Å². The number of hydroxylamine groups is 1. The number of benzene rings is 4. The molecule has 0 aromatic heterocycles. The van der Waals surface area contributed by atoms with Gasteiger partial charge in [0.05, 0.1) is 31.6 Å². The van der Waals surface area contributed by atoms with Crippen molar-refractivity contribution in [2.75, 3.05) is 24.2 Å². The molecule has 0 bridgehead atoms. The van der Waals surface area contributed by atoms with Crippen molar-refractivity contribution in [3.05, 3.63) is 96.6 Å². The average Bonchev–Trinajstić information content (AvgIpc) is 3.44. The minimum Gasteiger partial charge on any atom is -0.497 e. The first-order valence-electron chi connectivity index (χ1n) is 11.7. The molecule has 0 N–H and O–H groups in total. The predicted molar refractivity (Wildman–Crippen MR) is 136 cm³/mol. The number of carbonyl (C=O) groups is 2. The van der Waals surface area contributed by atoms with Gasteiger partial charge in [-0.15, -0.1) is 0 Å². The van der Waals surface area contributed by atoms with Gasteiger partial charge < -0.3 is 9.47 Å². The number of methoxy groups -OCH3 is 2. The fraction of sp³-hybridized carbons (Fsp3) is 0.172. The van der Waals surface area contributed by atoms with Gasteiger partial charge in [-0.25, -0.2) is 9.96 Å². The zero-order valence-electron chi connectivity index (χ0n) is 19.8. The molecule has 0 radical (unpaired) electrons.